The minimum Gasteiger partial charge on any atom is -0.454 e. The average Bonchev–Trinajstić information content (AvgIpc) is 3.42. The number of likely N-dealkylation sites (N-methyl/N-ethyl adjacent to an activating group) is 1. The van der Waals surface area contributed by atoms with E-state index in [4.69, 9.17) is 9.47 Å². The van der Waals surface area contributed by atoms with Gasteiger partial charge in [-0.1, -0.05) is 24.3 Å². The van der Waals surface area contributed by atoms with Crippen LogP contribution in [0, 0.1) is 0 Å². The number of thiazole rings is 1. The summed E-state index contributed by atoms with van der Waals surface area (Å²) in [5.41, 5.74) is 2.32. The van der Waals surface area contributed by atoms with Crippen LogP contribution in [0.5, 0.6) is 11.5 Å². The van der Waals surface area contributed by atoms with Crippen LogP contribution < -0.4 is 14.4 Å². The van der Waals surface area contributed by atoms with Crippen molar-refractivity contribution < 1.29 is 19.1 Å². The van der Waals surface area contributed by atoms with Gasteiger partial charge in [-0.25, -0.2) is 4.98 Å². The summed E-state index contributed by atoms with van der Waals surface area (Å²) in [7, 11) is 1.73. The lowest BCUT2D eigenvalue weighted by atomic mass is 10.2. The number of fused-ring (bicyclic) bond motifs is 1. The second-order valence-electron chi connectivity index (χ2n) is 6.96. The maximum Gasteiger partial charge on any atom is 0.246 e. The molecule has 8 heteroatoms. The average molecular weight is 436 g/mol. The summed E-state index contributed by atoms with van der Waals surface area (Å²) >= 11 is 1.35. The second kappa shape index (κ2) is 9.01. The van der Waals surface area contributed by atoms with Crippen LogP contribution >= 0.6 is 11.3 Å². The Morgan fingerprint density at radius 1 is 1.13 bits per heavy atom. The highest BCUT2D eigenvalue weighted by molar-refractivity contribution is 7.14. The molecule has 0 fully saturated rings. The molecule has 0 spiro atoms. The summed E-state index contributed by atoms with van der Waals surface area (Å²) in [6.07, 6.45) is 3.13. The molecule has 1 aliphatic heterocycles. The molecular weight excluding hydrogens is 414 g/mol. The van der Waals surface area contributed by atoms with Gasteiger partial charge in [-0.05, 0) is 35.9 Å². The molecule has 1 aromatic heterocycles. The highest BCUT2D eigenvalue weighted by Crippen LogP contribution is 2.33. The number of nitrogens with zero attached hydrogens (tertiary/aromatic N) is 3. The fraction of sp³-hybridized carbons (Fsp3) is 0.174. The van der Waals surface area contributed by atoms with Gasteiger partial charge in [-0.15, -0.1) is 11.3 Å². The molecule has 2 heterocycles. The Hall–Kier alpha value is -3.65. The topological polar surface area (TPSA) is 72.0 Å². The standard InChI is InChI=1S/C23H21N3O4S/c1-16(27)26(19-6-4-3-5-7-19)23-24-18(14-31-23)9-11-22(28)25(2)13-17-8-10-20-21(12-17)30-15-29-20/h3-12,14H,13,15H2,1-2H3/b11-9+. The number of para-hydroxylation sites is 1. The van der Waals surface area contributed by atoms with E-state index in [-0.39, 0.29) is 18.6 Å². The van der Waals surface area contributed by atoms with Crippen LogP contribution in [0.3, 0.4) is 0 Å². The largest absolute Gasteiger partial charge is 0.454 e. The molecule has 0 saturated carbocycles. The molecule has 7 nitrogen and oxygen atoms in total. The highest BCUT2D eigenvalue weighted by atomic mass is 32.1. The van der Waals surface area contributed by atoms with E-state index in [0.717, 1.165) is 11.3 Å². The first-order valence-corrected chi connectivity index (χ1v) is 10.5. The molecule has 0 N–H and O–H groups in total. The lowest BCUT2D eigenvalue weighted by Crippen LogP contribution is -2.24. The molecule has 0 radical (unpaired) electrons. The van der Waals surface area contributed by atoms with E-state index in [2.05, 4.69) is 4.98 Å². The normalized spacial score (nSPS) is 12.2. The molecule has 0 aliphatic carbocycles. The van der Waals surface area contributed by atoms with Gasteiger partial charge in [0.15, 0.2) is 16.6 Å². The van der Waals surface area contributed by atoms with Gasteiger partial charge in [0.05, 0.1) is 11.4 Å². The van der Waals surface area contributed by atoms with Crippen LogP contribution in [0.15, 0.2) is 60.0 Å². The first-order chi connectivity index (χ1) is 15.0. The number of hydrogen-bond acceptors (Lipinski definition) is 6. The maximum absolute atomic E-state index is 12.5. The number of carbonyl (C=O) groups is 2. The molecule has 0 saturated heterocycles. The Kier molecular flexibility index (Phi) is 5.99. The second-order valence-corrected chi connectivity index (χ2v) is 7.80. The third-order valence-corrected chi connectivity index (χ3v) is 5.50. The van der Waals surface area contributed by atoms with Crippen LogP contribution in [-0.2, 0) is 16.1 Å². The molecule has 0 unspecified atom stereocenters. The summed E-state index contributed by atoms with van der Waals surface area (Å²) in [5.74, 6) is 1.12. The molecule has 31 heavy (non-hydrogen) atoms. The fourth-order valence-electron chi connectivity index (χ4n) is 3.13. The molecule has 3 aromatic rings. The predicted molar refractivity (Wildman–Crippen MR) is 119 cm³/mol. The Bertz CT molecular complexity index is 1130. The van der Waals surface area contributed by atoms with E-state index in [1.807, 2.05) is 53.9 Å². The van der Waals surface area contributed by atoms with Crippen LogP contribution in [0.4, 0.5) is 10.8 Å². The molecule has 0 atom stereocenters. The third-order valence-electron chi connectivity index (χ3n) is 4.66. The van der Waals surface area contributed by atoms with Gasteiger partial charge < -0.3 is 14.4 Å². The lowest BCUT2D eigenvalue weighted by Gasteiger charge is -2.17. The van der Waals surface area contributed by atoms with Gasteiger partial charge >= 0.3 is 0 Å². The molecule has 0 bridgehead atoms. The number of aromatic nitrogens is 1. The number of amides is 2. The molecule has 2 aromatic carbocycles. The zero-order valence-electron chi connectivity index (χ0n) is 17.1. The van der Waals surface area contributed by atoms with Crippen molar-refractivity contribution in [3.63, 3.8) is 0 Å². The summed E-state index contributed by atoms with van der Waals surface area (Å²) in [5, 5.41) is 2.37. The predicted octanol–water partition coefficient (Wildman–Crippen LogP) is 4.23. The van der Waals surface area contributed by atoms with Gasteiger partial charge in [-0.3, -0.25) is 14.5 Å². The quantitative estimate of drug-likeness (QED) is 0.542. The van der Waals surface area contributed by atoms with Crippen molar-refractivity contribution in [2.45, 2.75) is 13.5 Å². The molecule has 1 aliphatic rings. The summed E-state index contributed by atoms with van der Waals surface area (Å²) in [6.45, 7) is 2.16. The maximum atomic E-state index is 12.5. The zero-order valence-corrected chi connectivity index (χ0v) is 18.0. The van der Waals surface area contributed by atoms with Crippen molar-refractivity contribution >= 4 is 40.0 Å². The van der Waals surface area contributed by atoms with E-state index < -0.39 is 0 Å². The van der Waals surface area contributed by atoms with E-state index in [1.165, 1.54) is 24.3 Å². The van der Waals surface area contributed by atoms with Crippen LogP contribution in [0.2, 0.25) is 0 Å². The van der Waals surface area contributed by atoms with Crippen LogP contribution in [0.1, 0.15) is 18.2 Å². The monoisotopic (exact) mass is 435 g/mol. The van der Waals surface area contributed by atoms with Gasteiger partial charge in [-0.2, -0.15) is 0 Å². The molecule has 158 valence electrons. The number of ether oxygens (including phenoxy) is 2. The molecule has 4 rings (SSSR count). The van der Waals surface area contributed by atoms with Crippen molar-refractivity contribution in [2.24, 2.45) is 0 Å². The van der Waals surface area contributed by atoms with Crippen molar-refractivity contribution in [1.29, 1.82) is 0 Å². The van der Waals surface area contributed by atoms with E-state index in [9.17, 15) is 9.59 Å². The van der Waals surface area contributed by atoms with Gasteiger partial charge in [0.25, 0.3) is 0 Å². The van der Waals surface area contributed by atoms with Crippen molar-refractivity contribution in [1.82, 2.24) is 9.88 Å². The minimum absolute atomic E-state index is 0.129. The first-order valence-electron chi connectivity index (χ1n) is 9.64. The van der Waals surface area contributed by atoms with E-state index >= 15 is 0 Å². The Labute approximate surface area is 184 Å². The van der Waals surface area contributed by atoms with Gasteiger partial charge in [0, 0.05) is 32.0 Å². The number of benzene rings is 2. The lowest BCUT2D eigenvalue weighted by molar-refractivity contribution is -0.125. The smallest absolute Gasteiger partial charge is 0.246 e. The van der Waals surface area contributed by atoms with Crippen LogP contribution in [0.25, 0.3) is 6.08 Å². The Balaban J connectivity index is 1.42. The zero-order chi connectivity index (χ0) is 21.8. The fourth-order valence-corrected chi connectivity index (χ4v) is 3.99. The summed E-state index contributed by atoms with van der Waals surface area (Å²) in [4.78, 5) is 32.3. The number of carbonyl (C=O) groups excluding carboxylic acids is 2. The van der Waals surface area contributed by atoms with Crippen molar-refractivity contribution in [3.8, 4) is 11.5 Å². The Morgan fingerprint density at radius 2 is 1.90 bits per heavy atom. The van der Waals surface area contributed by atoms with E-state index in [0.29, 0.717) is 28.9 Å². The molecule has 2 amide bonds. The third kappa shape index (κ3) is 4.75. The first kappa shape index (κ1) is 20.6. The minimum atomic E-state index is -0.154. The number of hydrogen-bond donors (Lipinski definition) is 0. The van der Waals surface area contributed by atoms with E-state index in [1.54, 1.807) is 22.9 Å². The summed E-state index contributed by atoms with van der Waals surface area (Å²) in [6, 6.07) is 15.0. The highest BCUT2D eigenvalue weighted by Gasteiger charge is 2.18. The number of rotatable bonds is 6. The Morgan fingerprint density at radius 3 is 2.68 bits per heavy atom. The van der Waals surface area contributed by atoms with Gasteiger partial charge in [0.2, 0.25) is 18.6 Å². The molecular formula is C23H21N3O4S. The SMILES string of the molecule is CC(=O)N(c1ccccc1)c1nc(/C=C/C(=O)N(C)Cc2ccc3c(c2)OCO3)cs1. The van der Waals surface area contributed by atoms with Crippen molar-refractivity contribution in [3.05, 3.63) is 71.2 Å². The van der Waals surface area contributed by atoms with Crippen LogP contribution in [-0.4, -0.2) is 35.5 Å². The summed E-state index contributed by atoms with van der Waals surface area (Å²) < 4.78 is 10.7. The van der Waals surface area contributed by atoms with Crippen molar-refractivity contribution in [2.75, 3.05) is 18.7 Å². The van der Waals surface area contributed by atoms with Gasteiger partial charge in [0.1, 0.15) is 0 Å². The number of anilines is 2.